The van der Waals surface area contributed by atoms with Crippen LogP contribution in [0.15, 0.2) is 59.8 Å². The number of fused-ring (bicyclic) bond motifs is 5. The van der Waals surface area contributed by atoms with E-state index in [0.717, 1.165) is 46.9 Å². The number of methoxy groups -OCH3 is 1. The van der Waals surface area contributed by atoms with Gasteiger partial charge in [-0.15, -0.1) is 11.3 Å². The van der Waals surface area contributed by atoms with Gasteiger partial charge in [-0.25, -0.2) is 14.8 Å². The fourth-order valence-electron chi connectivity index (χ4n) is 4.35. The standard InChI is InChI=1S/C23H20N6O2S/c1-31-16-7-5-15(6-8-16)12-28-22-20(21-25-14-26-29(21)23(28)30)17-9-11-27(13-18(17)32-22)19-4-2-3-10-24-19/h2-8,10,14H,9,11-13H2,1H3. The van der Waals surface area contributed by atoms with E-state index < -0.39 is 0 Å². The van der Waals surface area contributed by atoms with Gasteiger partial charge in [-0.2, -0.15) is 9.61 Å². The number of rotatable bonds is 4. The maximum atomic E-state index is 13.3. The van der Waals surface area contributed by atoms with Crippen LogP contribution in [0.3, 0.4) is 0 Å². The number of benzene rings is 1. The highest BCUT2D eigenvalue weighted by atomic mass is 32.1. The van der Waals surface area contributed by atoms with Crippen LogP contribution in [-0.4, -0.2) is 37.8 Å². The smallest absolute Gasteiger partial charge is 0.352 e. The molecule has 9 heteroatoms. The van der Waals surface area contributed by atoms with Crippen LogP contribution in [0.5, 0.6) is 5.75 Å². The van der Waals surface area contributed by atoms with E-state index in [1.54, 1.807) is 18.4 Å². The average molecular weight is 445 g/mol. The molecule has 1 aliphatic rings. The molecular weight excluding hydrogens is 424 g/mol. The number of ether oxygens (including phenoxy) is 1. The van der Waals surface area contributed by atoms with Crippen molar-refractivity contribution in [2.24, 2.45) is 0 Å². The normalized spacial score (nSPS) is 13.6. The molecule has 0 saturated heterocycles. The van der Waals surface area contributed by atoms with Gasteiger partial charge in [0.2, 0.25) is 0 Å². The summed E-state index contributed by atoms with van der Waals surface area (Å²) < 4.78 is 8.50. The number of pyridine rings is 1. The van der Waals surface area contributed by atoms with Gasteiger partial charge in [0.15, 0.2) is 5.65 Å². The Labute approximate surface area is 187 Å². The first-order valence-corrected chi connectivity index (χ1v) is 11.2. The Balaban J connectivity index is 1.50. The fourth-order valence-corrected chi connectivity index (χ4v) is 5.70. The third-order valence-corrected chi connectivity index (χ3v) is 7.18. The molecule has 4 aromatic heterocycles. The van der Waals surface area contributed by atoms with Crippen molar-refractivity contribution in [2.45, 2.75) is 19.5 Å². The summed E-state index contributed by atoms with van der Waals surface area (Å²) >= 11 is 1.67. The van der Waals surface area contributed by atoms with Gasteiger partial charge in [0, 0.05) is 17.6 Å². The van der Waals surface area contributed by atoms with E-state index in [1.807, 2.05) is 53.2 Å². The van der Waals surface area contributed by atoms with Gasteiger partial charge in [-0.3, -0.25) is 4.57 Å². The third kappa shape index (κ3) is 2.96. The lowest BCUT2D eigenvalue weighted by atomic mass is 10.1. The number of hydrogen-bond donors (Lipinski definition) is 0. The minimum atomic E-state index is -0.180. The summed E-state index contributed by atoms with van der Waals surface area (Å²) in [4.78, 5) is 26.7. The van der Waals surface area contributed by atoms with Crippen LogP contribution in [0.4, 0.5) is 5.82 Å². The highest BCUT2D eigenvalue weighted by Crippen LogP contribution is 2.37. The summed E-state index contributed by atoms with van der Waals surface area (Å²) in [5.74, 6) is 1.76. The molecule has 1 aliphatic heterocycles. The molecule has 0 unspecified atom stereocenters. The van der Waals surface area contributed by atoms with Crippen molar-refractivity contribution in [3.8, 4) is 5.75 Å². The molecule has 32 heavy (non-hydrogen) atoms. The zero-order chi connectivity index (χ0) is 21.7. The van der Waals surface area contributed by atoms with Crippen molar-refractivity contribution < 1.29 is 4.74 Å². The molecule has 160 valence electrons. The van der Waals surface area contributed by atoms with Crippen LogP contribution in [0.25, 0.3) is 15.9 Å². The molecule has 0 bridgehead atoms. The van der Waals surface area contributed by atoms with Crippen LogP contribution < -0.4 is 15.3 Å². The van der Waals surface area contributed by atoms with Crippen molar-refractivity contribution in [1.82, 2.24) is 24.1 Å². The van der Waals surface area contributed by atoms with Crippen LogP contribution in [0, 0.1) is 0 Å². The van der Waals surface area contributed by atoms with Crippen molar-refractivity contribution in [3.63, 3.8) is 0 Å². The minimum absolute atomic E-state index is 0.180. The molecule has 8 nitrogen and oxygen atoms in total. The second kappa shape index (κ2) is 7.45. The summed E-state index contributed by atoms with van der Waals surface area (Å²) in [6, 6.07) is 13.8. The molecule has 0 spiro atoms. The number of aromatic nitrogens is 5. The molecule has 6 rings (SSSR count). The third-order valence-electron chi connectivity index (χ3n) is 5.94. The second-order valence-electron chi connectivity index (χ2n) is 7.76. The predicted octanol–water partition coefficient (Wildman–Crippen LogP) is 3.12. The Hall–Kier alpha value is -3.72. The number of anilines is 1. The first kappa shape index (κ1) is 19.0. The summed E-state index contributed by atoms with van der Waals surface area (Å²) in [5, 5.41) is 5.26. The van der Waals surface area contributed by atoms with E-state index in [9.17, 15) is 4.79 Å². The van der Waals surface area contributed by atoms with Crippen molar-refractivity contribution in [3.05, 3.63) is 81.5 Å². The van der Waals surface area contributed by atoms with Gasteiger partial charge in [0.1, 0.15) is 22.7 Å². The number of thiophene rings is 1. The van der Waals surface area contributed by atoms with Gasteiger partial charge < -0.3 is 9.64 Å². The zero-order valence-electron chi connectivity index (χ0n) is 17.4. The molecule has 0 radical (unpaired) electrons. The Morgan fingerprint density at radius 3 is 2.78 bits per heavy atom. The van der Waals surface area contributed by atoms with E-state index in [2.05, 4.69) is 20.0 Å². The van der Waals surface area contributed by atoms with Crippen LogP contribution in [0.2, 0.25) is 0 Å². The van der Waals surface area contributed by atoms with Gasteiger partial charge >= 0.3 is 5.69 Å². The van der Waals surface area contributed by atoms with Gasteiger partial charge in [-0.05, 0) is 41.8 Å². The lowest BCUT2D eigenvalue weighted by molar-refractivity contribution is 0.414. The zero-order valence-corrected chi connectivity index (χ0v) is 18.2. The molecule has 0 saturated carbocycles. The Morgan fingerprint density at radius 1 is 1.12 bits per heavy atom. The predicted molar refractivity (Wildman–Crippen MR) is 124 cm³/mol. The number of hydrogen-bond acceptors (Lipinski definition) is 7. The summed E-state index contributed by atoms with van der Waals surface area (Å²) in [7, 11) is 1.64. The number of nitrogens with zero attached hydrogens (tertiary/aromatic N) is 6. The highest BCUT2D eigenvalue weighted by Gasteiger charge is 2.26. The van der Waals surface area contributed by atoms with Crippen molar-refractivity contribution >= 4 is 33.0 Å². The quantitative estimate of drug-likeness (QED) is 0.424. The van der Waals surface area contributed by atoms with Crippen LogP contribution >= 0.6 is 11.3 Å². The molecule has 5 heterocycles. The van der Waals surface area contributed by atoms with Gasteiger partial charge in [-0.1, -0.05) is 18.2 Å². The SMILES string of the molecule is COc1ccc(Cn2c(=O)n3ncnc3c3c4c(sc32)CN(c2ccccn2)CC4)cc1. The molecule has 0 amide bonds. The van der Waals surface area contributed by atoms with E-state index in [-0.39, 0.29) is 5.69 Å². The van der Waals surface area contributed by atoms with Crippen molar-refractivity contribution in [2.75, 3.05) is 18.6 Å². The molecule has 0 aliphatic carbocycles. The van der Waals surface area contributed by atoms with Gasteiger partial charge in [0.05, 0.1) is 25.6 Å². The lowest BCUT2D eigenvalue weighted by Crippen LogP contribution is -2.30. The maximum absolute atomic E-state index is 13.3. The monoisotopic (exact) mass is 444 g/mol. The van der Waals surface area contributed by atoms with E-state index in [1.165, 1.54) is 21.3 Å². The molecule has 5 aromatic rings. The minimum Gasteiger partial charge on any atom is -0.497 e. The topological polar surface area (TPSA) is 77.5 Å². The van der Waals surface area contributed by atoms with Crippen molar-refractivity contribution in [1.29, 1.82) is 0 Å². The van der Waals surface area contributed by atoms with E-state index in [4.69, 9.17) is 4.74 Å². The largest absolute Gasteiger partial charge is 0.497 e. The van der Waals surface area contributed by atoms with Gasteiger partial charge in [0.25, 0.3) is 0 Å². The lowest BCUT2D eigenvalue weighted by Gasteiger charge is -2.27. The molecular formula is C23H20N6O2S. The molecule has 1 aromatic carbocycles. The summed E-state index contributed by atoms with van der Waals surface area (Å²) in [6.45, 7) is 2.09. The second-order valence-corrected chi connectivity index (χ2v) is 8.84. The molecule has 0 atom stereocenters. The first-order valence-electron chi connectivity index (χ1n) is 10.4. The Kier molecular flexibility index (Phi) is 4.43. The van der Waals surface area contributed by atoms with Crippen LogP contribution in [-0.2, 0) is 19.5 Å². The van der Waals surface area contributed by atoms with E-state index >= 15 is 0 Å². The molecule has 0 N–H and O–H groups in total. The fraction of sp³-hybridized carbons (Fsp3) is 0.217. The maximum Gasteiger partial charge on any atom is 0.352 e. The highest BCUT2D eigenvalue weighted by molar-refractivity contribution is 7.19. The summed E-state index contributed by atoms with van der Waals surface area (Å²) in [6.07, 6.45) is 4.15. The van der Waals surface area contributed by atoms with Crippen LogP contribution in [0.1, 0.15) is 16.0 Å². The first-order chi connectivity index (χ1) is 15.7. The van der Waals surface area contributed by atoms with E-state index in [0.29, 0.717) is 12.2 Å². The molecule has 0 fully saturated rings. The average Bonchev–Trinajstić information content (AvgIpc) is 3.47. The summed E-state index contributed by atoms with van der Waals surface area (Å²) in [5.41, 5.74) is 2.74. The Morgan fingerprint density at radius 2 is 2.00 bits per heavy atom. The Bertz CT molecular complexity index is 1490.